The first kappa shape index (κ1) is 34.5. The lowest BCUT2D eigenvalue weighted by atomic mass is 9.85. The molecule has 0 unspecified atom stereocenters. The van der Waals surface area contributed by atoms with Crippen molar-refractivity contribution in [3.05, 3.63) is 94.7 Å². The fraction of sp³-hybridized carbons (Fsp3) is 0.478. The van der Waals surface area contributed by atoms with E-state index in [1.807, 2.05) is 6.20 Å². The summed E-state index contributed by atoms with van der Waals surface area (Å²) in [5, 5.41) is 2.58. The molecule has 1 saturated carbocycles. The summed E-state index contributed by atoms with van der Waals surface area (Å²) in [7, 11) is 0. The SMILES string of the molecule is Cc1ccc2c(c1)c1cc(C)c(-c3cc(C(C)(C)C)ccn3)cc1n2-c1cc(C2=N[C@H](C(C)(C)C)CN2C2CCCCC2)cc(C(C)(C)C)c1. The molecule has 4 heteroatoms. The first-order chi connectivity index (χ1) is 23.5. The molecule has 50 heavy (non-hydrogen) atoms. The van der Waals surface area contributed by atoms with Crippen molar-refractivity contribution in [3.8, 4) is 16.9 Å². The molecule has 1 aliphatic carbocycles. The van der Waals surface area contributed by atoms with Gasteiger partial charge in [-0.1, -0.05) is 93.2 Å². The van der Waals surface area contributed by atoms with Gasteiger partial charge in [0.25, 0.3) is 0 Å². The quantitative estimate of drug-likeness (QED) is 0.191. The van der Waals surface area contributed by atoms with Gasteiger partial charge in [-0.15, -0.1) is 0 Å². The lowest BCUT2D eigenvalue weighted by molar-refractivity contribution is 0.218. The Kier molecular flexibility index (Phi) is 8.56. The number of fused-ring (bicyclic) bond motifs is 3. The van der Waals surface area contributed by atoms with Crippen LogP contribution in [-0.4, -0.2) is 38.9 Å². The van der Waals surface area contributed by atoms with E-state index in [2.05, 4.69) is 146 Å². The number of pyridine rings is 1. The minimum absolute atomic E-state index is 0.0303. The summed E-state index contributed by atoms with van der Waals surface area (Å²) in [5.41, 5.74) is 12.4. The van der Waals surface area contributed by atoms with Crippen LogP contribution < -0.4 is 0 Å². The van der Waals surface area contributed by atoms with Gasteiger partial charge in [0.1, 0.15) is 5.84 Å². The maximum atomic E-state index is 5.59. The Bertz CT molecular complexity index is 2100. The van der Waals surface area contributed by atoms with Crippen LogP contribution >= 0.6 is 0 Å². The molecule has 262 valence electrons. The fourth-order valence-corrected chi connectivity index (χ4v) is 8.15. The van der Waals surface area contributed by atoms with E-state index in [-0.39, 0.29) is 22.3 Å². The topological polar surface area (TPSA) is 33.4 Å². The first-order valence-corrected chi connectivity index (χ1v) is 19.0. The van der Waals surface area contributed by atoms with Gasteiger partial charge in [-0.2, -0.15) is 0 Å². The zero-order valence-electron chi connectivity index (χ0n) is 32.5. The van der Waals surface area contributed by atoms with E-state index in [0.29, 0.717) is 6.04 Å². The van der Waals surface area contributed by atoms with Crippen molar-refractivity contribution >= 4 is 27.6 Å². The normalized spacial score (nSPS) is 18.0. The van der Waals surface area contributed by atoms with E-state index in [1.54, 1.807) is 0 Å². The molecule has 2 aromatic heterocycles. The number of rotatable bonds is 4. The summed E-state index contributed by atoms with van der Waals surface area (Å²) in [6.45, 7) is 26.4. The lowest BCUT2D eigenvalue weighted by Gasteiger charge is -2.35. The molecule has 0 amide bonds. The Morgan fingerprint density at radius 1 is 0.680 bits per heavy atom. The number of aliphatic imine (C=N–C) groups is 1. The van der Waals surface area contributed by atoms with E-state index in [1.165, 1.54) is 98.8 Å². The molecule has 1 aliphatic heterocycles. The Morgan fingerprint density at radius 3 is 2.06 bits per heavy atom. The van der Waals surface area contributed by atoms with Gasteiger partial charge in [-0.25, -0.2) is 0 Å². The van der Waals surface area contributed by atoms with E-state index < -0.39 is 0 Å². The standard InChI is InChI=1S/C46H58N4/c1-29-17-18-40-37(21-29)38-22-30(2)36(39-26-32(19-20-47-39)44(3,4)5)27-41(38)50(40)35-24-31(23-33(25-35)45(6,7)8)43-48-42(46(9,10)11)28-49(43)34-15-13-12-14-16-34/h17-27,34,42H,12-16,28H2,1-11H3/t42-/m0/s1. The van der Waals surface area contributed by atoms with Crippen molar-refractivity contribution < 1.29 is 0 Å². The van der Waals surface area contributed by atoms with E-state index >= 15 is 0 Å². The second-order valence-electron chi connectivity index (χ2n) is 18.5. The molecule has 7 rings (SSSR count). The van der Waals surface area contributed by atoms with Crippen LogP contribution in [0.15, 0.2) is 71.9 Å². The number of amidine groups is 1. The van der Waals surface area contributed by atoms with Crippen molar-refractivity contribution in [1.82, 2.24) is 14.5 Å². The molecule has 1 atom stereocenters. The highest BCUT2D eigenvalue weighted by Gasteiger charge is 2.38. The monoisotopic (exact) mass is 666 g/mol. The largest absolute Gasteiger partial charge is 0.351 e. The van der Waals surface area contributed by atoms with Crippen molar-refractivity contribution in [2.75, 3.05) is 6.54 Å². The third-order valence-electron chi connectivity index (χ3n) is 11.4. The highest BCUT2D eigenvalue weighted by Crippen LogP contribution is 2.40. The van der Waals surface area contributed by atoms with E-state index in [0.717, 1.165) is 12.2 Å². The maximum Gasteiger partial charge on any atom is 0.131 e. The zero-order chi connectivity index (χ0) is 35.7. The highest BCUT2D eigenvalue weighted by atomic mass is 15.3. The summed E-state index contributed by atoms with van der Waals surface area (Å²) >= 11 is 0. The number of aryl methyl sites for hydroxylation is 2. The van der Waals surface area contributed by atoms with Gasteiger partial charge >= 0.3 is 0 Å². The van der Waals surface area contributed by atoms with Crippen LogP contribution in [-0.2, 0) is 10.8 Å². The zero-order valence-corrected chi connectivity index (χ0v) is 32.5. The van der Waals surface area contributed by atoms with Crippen molar-refractivity contribution in [3.63, 3.8) is 0 Å². The van der Waals surface area contributed by atoms with Crippen LogP contribution in [0.2, 0.25) is 0 Å². The molecule has 4 nitrogen and oxygen atoms in total. The second-order valence-corrected chi connectivity index (χ2v) is 18.5. The molecule has 0 N–H and O–H groups in total. The molecule has 0 radical (unpaired) electrons. The van der Waals surface area contributed by atoms with E-state index in [9.17, 15) is 0 Å². The van der Waals surface area contributed by atoms with Gasteiger partial charge in [-0.3, -0.25) is 9.98 Å². The van der Waals surface area contributed by atoms with Gasteiger partial charge in [0, 0.05) is 46.4 Å². The molecule has 0 saturated heterocycles. The molecule has 0 spiro atoms. The minimum atomic E-state index is -0.0303. The van der Waals surface area contributed by atoms with Crippen LogP contribution in [0.4, 0.5) is 0 Å². The van der Waals surface area contributed by atoms with Crippen LogP contribution in [0, 0.1) is 19.3 Å². The lowest BCUT2D eigenvalue weighted by Crippen LogP contribution is -2.42. The van der Waals surface area contributed by atoms with Crippen LogP contribution in [0.1, 0.15) is 122 Å². The highest BCUT2D eigenvalue weighted by molar-refractivity contribution is 6.11. The Morgan fingerprint density at radius 2 is 1.38 bits per heavy atom. The smallest absolute Gasteiger partial charge is 0.131 e. The Labute approximate surface area is 301 Å². The molecule has 2 aliphatic rings. The minimum Gasteiger partial charge on any atom is -0.351 e. The van der Waals surface area contributed by atoms with Gasteiger partial charge in [0.05, 0.1) is 22.8 Å². The first-order valence-electron chi connectivity index (χ1n) is 19.0. The van der Waals surface area contributed by atoms with Crippen LogP contribution in [0.5, 0.6) is 0 Å². The molecular weight excluding hydrogens is 609 g/mol. The number of benzene rings is 3. The summed E-state index contributed by atoms with van der Waals surface area (Å²) in [6.07, 6.45) is 8.49. The van der Waals surface area contributed by atoms with Gasteiger partial charge < -0.3 is 9.47 Å². The predicted molar refractivity (Wildman–Crippen MR) is 214 cm³/mol. The average Bonchev–Trinajstić information content (AvgIpc) is 3.64. The van der Waals surface area contributed by atoms with Gasteiger partial charge in [0.15, 0.2) is 0 Å². The third kappa shape index (κ3) is 6.40. The number of hydrogen-bond donors (Lipinski definition) is 0. The van der Waals surface area contributed by atoms with Gasteiger partial charge in [-0.05, 0) is 114 Å². The van der Waals surface area contributed by atoms with Crippen LogP contribution in [0.3, 0.4) is 0 Å². The third-order valence-corrected chi connectivity index (χ3v) is 11.4. The maximum absolute atomic E-state index is 5.59. The van der Waals surface area contributed by atoms with Crippen molar-refractivity contribution in [2.24, 2.45) is 10.4 Å². The van der Waals surface area contributed by atoms with Gasteiger partial charge in [0.2, 0.25) is 0 Å². The molecule has 1 fully saturated rings. The van der Waals surface area contributed by atoms with E-state index in [4.69, 9.17) is 9.98 Å². The molecular formula is C46H58N4. The average molecular weight is 667 g/mol. The summed E-state index contributed by atoms with van der Waals surface area (Å²) in [5.74, 6) is 1.19. The van der Waals surface area contributed by atoms with Crippen molar-refractivity contribution in [2.45, 2.75) is 131 Å². The summed E-state index contributed by atoms with van der Waals surface area (Å²) in [6, 6.07) is 24.3. The van der Waals surface area contributed by atoms with Crippen molar-refractivity contribution in [1.29, 1.82) is 0 Å². The fourth-order valence-electron chi connectivity index (χ4n) is 8.15. The predicted octanol–water partition coefficient (Wildman–Crippen LogP) is 11.9. The molecule has 3 heterocycles. The Balaban J connectivity index is 1.49. The number of aromatic nitrogens is 2. The molecule has 0 bridgehead atoms. The van der Waals surface area contributed by atoms with Crippen LogP contribution in [0.25, 0.3) is 38.8 Å². The number of nitrogens with zero attached hydrogens (tertiary/aromatic N) is 4. The molecule has 3 aromatic carbocycles. The second kappa shape index (κ2) is 12.4. The summed E-state index contributed by atoms with van der Waals surface area (Å²) < 4.78 is 2.51. The number of hydrogen-bond acceptors (Lipinski definition) is 3. The summed E-state index contributed by atoms with van der Waals surface area (Å²) in [4.78, 5) is 13.2. The Hall–Kier alpha value is -3.92. The molecule has 5 aromatic rings.